The summed E-state index contributed by atoms with van der Waals surface area (Å²) in [7, 11) is 0. The molecule has 0 bridgehead atoms. The first-order valence-electron chi connectivity index (χ1n) is 5.95. The third kappa shape index (κ3) is 3.04. The summed E-state index contributed by atoms with van der Waals surface area (Å²) in [5.74, 6) is -0.940. The van der Waals surface area contributed by atoms with Crippen LogP contribution in [0, 0.1) is 0 Å². The molecule has 1 aliphatic heterocycles. The van der Waals surface area contributed by atoms with Gasteiger partial charge in [-0.25, -0.2) is 4.79 Å². The second kappa shape index (κ2) is 5.91. The Morgan fingerprint density at radius 2 is 2.11 bits per heavy atom. The van der Waals surface area contributed by atoms with E-state index in [1.807, 2.05) is 0 Å². The average Bonchev–Trinajstić information content (AvgIpc) is 2.55. The topological polar surface area (TPSA) is 66.4 Å². The zero-order chi connectivity index (χ0) is 13.0. The van der Waals surface area contributed by atoms with Gasteiger partial charge in [0, 0.05) is 11.4 Å². The minimum absolute atomic E-state index is 0.0118. The highest BCUT2D eigenvalue weighted by atomic mass is 32.2. The number of carbonyl (C=O) groups is 2. The molecular weight excluding hydrogens is 250 g/mol. The van der Waals surface area contributed by atoms with Crippen LogP contribution in [0.25, 0.3) is 0 Å². The van der Waals surface area contributed by atoms with Gasteiger partial charge in [0.05, 0.1) is 10.8 Å². The van der Waals surface area contributed by atoms with Crippen molar-refractivity contribution in [3.8, 4) is 0 Å². The number of hydrogen-bond donors (Lipinski definition) is 2. The van der Waals surface area contributed by atoms with Crippen molar-refractivity contribution in [3.63, 3.8) is 0 Å². The van der Waals surface area contributed by atoms with Crippen molar-refractivity contribution in [2.24, 2.45) is 0 Å². The zero-order valence-corrected chi connectivity index (χ0v) is 10.7. The van der Waals surface area contributed by atoms with Gasteiger partial charge in [-0.2, -0.15) is 0 Å². The number of carboxylic acid groups (broad SMARTS) is 1. The van der Waals surface area contributed by atoms with Gasteiger partial charge in [-0.15, -0.1) is 11.8 Å². The Morgan fingerprint density at radius 3 is 2.89 bits per heavy atom. The van der Waals surface area contributed by atoms with E-state index in [-0.39, 0.29) is 16.7 Å². The molecule has 1 fully saturated rings. The average molecular weight is 265 g/mol. The molecule has 5 heteroatoms. The second-order valence-electron chi connectivity index (χ2n) is 4.19. The van der Waals surface area contributed by atoms with Crippen molar-refractivity contribution in [2.45, 2.75) is 29.4 Å². The molecule has 0 radical (unpaired) electrons. The summed E-state index contributed by atoms with van der Waals surface area (Å²) in [5, 5.41) is 11.8. The summed E-state index contributed by atoms with van der Waals surface area (Å²) in [4.78, 5) is 23.6. The number of benzene rings is 1. The van der Waals surface area contributed by atoms with E-state index in [0.717, 1.165) is 25.8 Å². The summed E-state index contributed by atoms with van der Waals surface area (Å²) in [6, 6.07) is 6.82. The van der Waals surface area contributed by atoms with E-state index in [1.165, 1.54) is 11.8 Å². The Balaban J connectivity index is 2.17. The molecule has 2 rings (SSSR count). The standard InChI is InChI=1S/C13H15NO3S/c15-12-11(7-3-4-8-14-12)18-10-6-2-1-5-9(10)13(16)17/h1-2,5-6,11H,3-4,7-8H2,(H,14,15)(H,16,17). The normalized spacial score (nSPS) is 20.0. The minimum atomic E-state index is -0.952. The van der Waals surface area contributed by atoms with Crippen LogP contribution in [0.1, 0.15) is 29.6 Å². The van der Waals surface area contributed by atoms with Crippen molar-refractivity contribution in [1.82, 2.24) is 5.32 Å². The summed E-state index contributed by atoms with van der Waals surface area (Å²) >= 11 is 1.35. The Kier molecular flexibility index (Phi) is 4.25. The smallest absolute Gasteiger partial charge is 0.336 e. The predicted molar refractivity (Wildman–Crippen MR) is 69.9 cm³/mol. The molecule has 1 amide bonds. The van der Waals surface area contributed by atoms with Crippen LogP contribution in [0.15, 0.2) is 29.2 Å². The Morgan fingerprint density at radius 1 is 1.33 bits per heavy atom. The lowest BCUT2D eigenvalue weighted by molar-refractivity contribution is -0.120. The number of carboxylic acids is 1. The van der Waals surface area contributed by atoms with E-state index in [0.29, 0.717) is 4.90 Å². The lowest BCUT2D eigenvalue weighted by Crippen LogP contribution is -2.30. The third-order valence-corrected chi connectivity index (χ3v) is 4.22. The first-order valence-corrected chi connectivity index (χ1v) is 6.83. The van der Waals surface area contributed by atoms with E-state index in [9.17, 15) is 9.59 Å². The van der Waals surface area contributed by atoms with Crippen molar-refractivity contribution >= 4 is 23.6 Å². The zero-order valence-electron chi connectivity index (χ0n) is 9.89. The van der Waals surface area contributed by atoms with Gasteiger partial charge in [0.1, 0.15) is 0 Å². The van der Waals surface area contributed by atoms with Crippen LogP contribution in [-0.4, -0.2) is 28.8 Å². The molecule has 1 unspecified atom stereocenters. The summed E-state index contributed by atoms with van der Waals surface area (Å²) in [5.41, 5.74) is 0.263. The molecule has 1 aromatic carbocycles. The third-order valence-electron chi connectivity index (χ3n) is 2.87. The monoisotopic (exact) mass is 265 g/mol. The molecule has 1 aliphatic rings. The van der Waals surface area contributed by atoms with E-state index in [2.05, 4.69) is 5.32 Å². The molecule has 4 nitrogen and oxygen atoms in total. The quantitative estimate of drug-likeness (QED) is 0.878. The molecule has 2 N–H and O–H groups in total. The van der Waals surface area contributed by atoms with Crippen LogP contribution in [-0.2, 0) is 4.79 Å². The second-order valence-corrected chi connectivity index (χ2v) is 5.44. The van der Waals surface area contributed by atoms with Crippen LogP contribution in [0.2, 0.25) is 0 Å². The van der Waals surface area contributed by atoms with Gasteiger partial charge in [-0.1, -0.05) is 18.6 Å². The highest BCUT2D eigenvalue weighted by Crippen LogP contribution is 2.30. The SMILES string of the molecule is O=C(O)c1ccccc1SC1CCCCNC1=O. The fourth-order valence-corrected chi connectivity index (χ4v) is 3.14. The molecule has 0 aromatic heterocycles. The number of amides is 1. The molecule has 0 saturated carbocycles. The van der Waals surface area contributed by atoms with E-state index < -0.39 is 5.97 Å². The van der Waals surface area contributed by atoms with E-state index in [4.69, 9.17) is 5.11 Å². The van der Waals surface area contributed by atoms with Crippen molar-refractivity contribution in [1.29, 1.82) is 0 Å². The predicted octanol–water partition coefficient (Wildman–Crippen LogP) is 2.15. The van der Waals surface area contributed by atoms with Crippen LogP contribution in [0.3, 0.4) is 0 Å². The number of rotatable bonds is 3. The maximum Gasteiger partial charge on any atom is 0.336 e. The van der Waals surface area contributed by atoms with Gasteiger partial charge in [0.15, 0.2) is 0 Å². The van der Waals surface area contributed by atoms with Crippen molar-refractivity contribution < 1.29 is 14.7 Å². The van der Waals surface area contributed by atoms with Gasteiger partial charge in [0.2, 0.25) is 5.91 Å². The molecular formula is C13H15NO3S. The number of hydrogen-bond acceptors (Lipinski definition) is 3. The molecule has 96 valence electrons. The Bertz CT molecular complexity index is 461. The molecule has 18 heavy (non-hydrogen) atoms. The summed E-state index contributed by atoms with van der Waals surface area (Å²) < 4.78 is 0. The van der Waals surface area contributed by atoms with Gasteiger partial charge in [-0.3, -0.25) is 4.79 Å². The molecule has 1 heterocycles. The van der Waals surface area contributed by atoms with Crippen LogP contribution in [0.5, 0.6) is 0 Å². The number of nitrogens with one attached hydrogen (secondary N) is 1. The first-order chi connectivity index (χ1) is 8.68. The van der Waals surface area contributed by atoms with Crippen molar-refractivity contribution in [2.75, 3.05) is 6.54 Å². The van der Waals surface area contributed by atoms with Crippen LogP contribution >= 0.6 is 11.8 Å². The first kappa shape index (κ1) is 13.0. The van der Waals surface area contributed by atoms with E-state index >= 15 is 0 Å². The van der Waals surface area contributed by atoms with Gasteiger partial charge in [-0.05, 0) is 25.0 Å². The van der Waals surface area contributed by atoms with Gasteiger partial charge >= 0.3 is 5.97 Å². The molecule has 1 aromatic rings. The maximum absolute atomic E-state index is 11.8. The Hall–Kier alpha value is -1.49. The van der Waals surface area contributed by atoms with Gasteiger partial charge in [0.25, 0.3) is 0 Å². The highest BCUT2D eigenvalue weighted by molar-refractivity contribution is 8.00. The van der Waals surface area contributed by atoms with Crippen molar-refractivity contribution in [3.05, 3.63) is 29.8 Å². The maximum atomic E-state index is 11.8. The summed E-state index contributed by atoms with van der Waals surface area (Å²) in [6.07, 6.45) is 2.78. The van der Waals surface area contributed by atoms with Crippen LogP contribution in [0.4, 0.5) is 0 Å². The minimum Gasteiger partial charge on any atom is -0.478 e. The molecule has 0 aliphatic carbocycles. The van der Waals surface area contributed by atoms with Crippen LogP contribution < -0.4 is 5.32 Å². The number of aromatic carboxylic acids is 1. The molecule has 0 spiro atoms. The van der Waals surface area contributed by atoms with E-state index in [1.54, 1.807) is 24.3 Å². The number of thioether (sulfide) groups is 1. The highest BCUT2D eigenvalue weighted by Gasteiger charge is 2.23. The largest absolute Gasteiger partial charge is 0.478 e. The fourth-order valence-electron chi connectivity index (χ4n) is 1.92. The lowest BCUT2D eigenvalue weighted by atomic mass is 10.2. The lowest BCUT2D eigenvalue weighted by Gasteiger charge is -2.13. The summed E-state index contributed by atoms with van der Waals surface area (Å²) in [6.45, 7) is 0.719. The van der Waals surface area contributed by atoms with Gasteiger partial charge < -0.3 is 10.4 Å². The Labute approximate surface area is 110 Å². The number of carbonyl (C=O) groups excluding carboxylic acids is 1. The fraction of sp³-hybridized carbons (Fsp3) is 0.385. The molecule has 1 saturated heterocycles. The molecule has 1 atom stereocenters.